The van der Waals surface area contributed by atoms with Gasteiger partial charge in [0.2, 0.25) is 5.82 Å². The van der Waals surface area contributed by atoms with Gasteiger partial charge < -0.3 is 20.1 Å². The fraction of sp³-hybridized carbons (Fsp3) is 0.529. The normalized spacial score (nSPS) is 17.2. The Kier molecular flexibility index (Phi) is 4.71. The fourth-order valence-electron chi connectivity index (χ4n) is 3.00. The third kappa shape index (κ3) is 3.48. The van der Waals surface area contributed by atoms with Crippen LogP contribution in [0.5, 0.6) is 0 Å². The number of imidazole rings is 1. The van der Waals surface area contributed by atoms with Gasteiger partial charge in [-0.1, -0.05) is 0 Å². The summed E-state index contributed by atoms with van der Waals surface area (Å²) in [6.07, 6.45) is 4.51. The van der Waals surface area contributed by atoms with E-state index in [1.165, 1.54) is 0 Å². The Morgan fingerprint density at radius 2 is 2.16 bits per heavy atom. The third-order valence-corrected chi connectivity index (χ3v) is 4.73. The van der Waals surface area contributed by atoms with Crippen molar-refractivity contribution in [3.63, 3.8) is 0 Å². The Labute approximate surface area is 147 Å². The molecule has 0 aromatic carbocycles. The van der Waals surface area contributed by atoms with Gasteiger partial charge in [-0.3, -0.25) is 4.79 Å². The molecule has 3 rings (SSSR count). The van der Waals surface area contributed by atoms with Crippen molar-refractivity contribution >= 4 is 11.7 Å². The second-order valence-corrected chi connectivity index (χ2v) is 6.69. The van der Waals surface area contributed by atoms with Crippen LogP contribution in [0.15, 0.2) is 12.4 Å². The molecule has 2 aromatic rings. The first-order chi connectivity index (χ1) is 11.9. The first-order valence-electron chi connectivity index (χ1n) is 8.44. The van der Waals surface area contributed by atoms with Crippen LogP contribution in [-0.2, 0) is 13.6 Å². The smallest absolute Gasteiger partial charge is 0.291 e. The summed E-state index contributed by atoms with van der Waals surface area (Å²) >= 11 is 0. The highest BCUT2D eigenvalue weighted by Gasteiger charge is 2.25. The fourth-order valence-corrected chi connectivity index (χ4v) is 3.00. The van der Waals surface area contributed by atoms with E-state index >= 15 is 0 Å². The number of hydrogen-bond acceptors (Lipinski definition) is 6. The maximum Gasteiger partial charge on any atom is 0.291 e. The van der Waals surface area contributed by atoms with Gasteiger partial charge in [0.25, 0.3) is 5.91 Å². The molecule has 0 aliphatic carbocycles. The molecule has 1 aliphatic rings. The average Bonchev–Trinajstić information content (AvgIpc) is 3.18. The van der Waals surface area contributed by atoms with Gasteiger partial charge in [-0.2, -0.15) is 0 Å². The Balaban J connectivity index is 1.85. The monoisotopic (exact) mass is 343 g/mol. The van der Waals surface area contributed by atoms with Gasteiger partial charge in [0, 0.05) is 56.9 Å². The van der Waals surface area contributed by atoms with Gasteiger partial charge in [-0.25, -0.2) is 15.0 Å². The predicted octanol–water partition coefficient (Wildman–Crippen LogP) is 0.637. The van der Waals surface area contributed by atoms with E-state index in [0.717, 1.165) is 42.4 Å². The van der Waals surface area contributed by atoms with Crippen molar-refractivity contribution in [3.8, 4) is 0 Å². The molecule has 134 valence electrons. The molecule has 25 heavy (non-hydrogen) atoms. The number of anilines is 1. The van der Waals surface area contributed by atoms with E-state index in [1.807, 2.05) is 31.7 Å². The zero-order valence-corrected chi connectivity index (χ0v) is 15.2. The average molecular weight is 343 g/mol. The van der Waals surface area contributed by atoms with Crippen molar-refractivity contribution in [3.05, 3.63) is 35.3 Å². The Hall–Kier alpha value is -2.48. The molecule has 0 unspecified atom stereocenters. The lowest BCUT2D eigenvalue weighted by Gasteiger charge is -2.22. The quantitative estimate of drug-likeness (QED) is 0.875. The molecule has 1 aliphatic heterocycles. The molecule has 0 bridgehead atoms. The molecule has 3 heterocycles. The van der Waals surface area contributed by atoms with E-state index in [9.17, 15) is 4.79 Å². The molecule has 2 aromatic heterocycles. The topological polar surface area (TPSA) is 93.2 Å². The predicted molar refractivity (Wildman–Crippen MR) is 95.3 cm³/mol. The number of amides is 1. The van der Waals surface area contributed by atoms with Crippen LogP contribution in [-0.4, -0.2) is 56.5 Å². The highest BCUT2D eigenvalue weighted by molar-refractivity contribution is 5.90. The first-order valence-corrected chi connectivity index (χ1v) is 8.44. The number of nitrogens with zero attached hydrogens (tertiary/aromatic N) is 6. The van der Waals surface area contributed by atoms with Crippen LogP contribution in [0, 0.1) is 13.8 Å². The molecule has 8 heteroatoms. The van der Waals surface area contributed by atoms with E-state index in [2.05, 4.69) is 19.9 Å². The van der Waals surface area contributed by atoms with Crippen molar-refractivity contribution in [2.24, 2.45) is 12.8 Å². The van der Waals surface area contributed by atoms with Gasteiger partial charge >= 0.3 is 0 Å². The number of aryl methyl sites for hydroxylation is 2. The van der Waals surface area contributed by atoms with Gasteiger partial charge in [0.15, 0.2) is 0 Å². The van der Waals surface area contributed by atoms with Crippen molar-refractivity contribution < 1.29 is 4.79 Å². The number of nitrogens with two attached hydrogens (primary N) is 1. The minimum atomic E-state index is -0.212. The minimum absolute atomic E-state index is 0.153. The standard InChI is InChI=1S/C17H25N7O/c1-11-12(2)20-15(21-16(11)24-7-5-13(18)9-24)17(25)23(4)10-14-19-6-8-22(14)3/h6,8,13H,5,7,9-10,18H2,1-4H3/t13-/m1/s1. The summed E-state index contributed by atoms with van der Waals surface area (Å²) in [5.74, 6) is 1.63. The van der Waals surface area contributed by atoms with Crippen molar-refractivity contribution in [1.82, 2.24) is 24.4 Å². The van der Waals surface area contributed by atoms with Gasteiger partial charge in [0.05, 0.1) is 6.54 Å². The van der Waals surface area contributed by atoms with E-state index in [0.29, 0.717) is 6.54 Å². The molecular formula is C17H25N7O. The maximum atomic E-state index is 12.8. The first kappa shape index (κ1) is 17.3. The minimum Gasteiger partial charge on any atom is -0.355 e. The van der Waals surface area contributed by atoms with Gasteiger partial charge in [0.1, 0.15) is 11.6 Å². The molecule has 1 saturated heterocycles. The maximum absolute atomic E-state index is 12.8. The molecule has 1 fully saturated rings. The summed E-state index contributed by atoms with van der Waals surface area (Å²) in [6.45, 7) is 5.91. The second-order valence-electron chi connectivity index (χ2n) is 6.69. The summed E-state index contributed by atoms with van der Waals surface area (Å²) < 4.78 is 1.89. The summed E-state index contributed by atoms with van der Waals surface area (Å²) in [4.78, 5) is 29.8. The largest absolute Gasteiger partial charge is 0.355 e. The highest BCUT2D eigenvalue weighted by atomic mass is 16.2. The molecule has 0 saturated carbocycles. The van der Waals surface area contributed by atoms with E-state index < -0.39 is 0 Å². The van der Waals surface area contributed by atoms with Crippen LogP contribution in [0.3, 0.4) is 0 Å². The molecule has 0 spiro atoms. The van der Waals surface area contributed by atoms with Gasteiger partial charge in [-0.15, -0.1) is 0 Å². The molecular weight excluding hydrogens is 318 g/mol. The number of carbonyl (C=O) groups is 1. The van der Waals surface area contributed by atoms with Crippen molar-refractivity contribution in [2.45, 2.75) is 32.9 Å². The third-order valence-electron chi connectivity index (χ3n) is 4.73. The van der Waals surface area contributed by atoms with Crippen LogP contribution in [0.4, 0.5) is 5.82 Å². The SMILES string of the molecule is Cc1nc(C(=O)N(C)Cc2nccn2C)nc(N2CC[C@@H](N)C2)c1C. The number of rotatable bonds is 4. The summed E-state index contributed by atoms with van der Waals surface area (Å²) in [5.41, 5.74) is 7.83. The van der Waals surface area contributed by atoms with Crippen LogP contribution in [0.1, 0.15) is 34.1 Å². The number of aromatic nitrogens is 4. The second kappa shape index (κ2) is 6.79. The lowest BCUT2D eigenvalue weighted by Crippen LogP contribution is -2.31. The zero-order valence-electron chi connectivity index (χ0n) is 15.2. The highest BCUT2D eigenvalue weighted by Crippen LogP contribution is 2.23. The molecule has 0 radical (unpaired) electrons. The summed E-state index contributed by atoms with van der Waals surface area (Å²) in [7, 11) is 3.64. The molecule has 2 N–H and O–H groups in total. The van der Waals surface area contributed by atoms with E-state index in [4.69, 9.17) is 5.73 Å². The Bertz CT molecular complexity index is 785. The van der Waals surface area contributed by atoms with Crippen molar-refractivity contribution in [2.75, 3.05) is 25.0 Å². The lowest BCUT2D eigenvalue weighted by atomic mass is 10.2. The molecule has 8 nitrogen and oxygen atoms in total. The molecule has 1 atom stereocenters. The van der Waals surface area contributed by atoms with Crippen LogP contribution >= 0.6 is 0 Å². The Morgan fingerprint density at radius 1 is 1.40 bits per heavy atom. The van der Waals surface area contributed by atoms with Crippen LogP contribution < -0.4 is 10.6 Å². The summed E-state index contributed by atoms with van der Waals surface area (Å²) in [5, 5.41) is 0. The lowest BCUT2D eigenvalue weighted by molar-refractivity contribution is 0.0768. The molecule has 1 amide bonds. The van der Waals surface area contributed by atoms with E-state index in [1.54, 1.807) is 18.1 Å². The van der Waals surface area contributed by atoms with Gasteiger partial charge in [-0.05, 0) is 20.3 Å². The summed E-state index contributed by atoms with van der Waals surface area (Å²) in [6, 6.07) is 0.153. The van der Waals surface area contributed by atoms with Crippen molar-refractivity contribution in [1.29, 1.82) is 0 Å². The number of hydrogen-bond donors (Lipinski definition) is 1. The number of carbonyl (C=O) groups excluding carboxylic acids is 1. The van der Waals surface area contributed by atoms with Crippen LogP contribution in [0.25, 0.3) is 0 Å². The zero-order chi connectivity index (χ0) is 18.1. The van der Waals surface area contributed by atoms with Crippen LogP contribution in [0.2, 0.25) is 0 Å². The Morgan fingerprint density at radius 3 is 2.76 bits per heavy atom. The van der Waals surface area contributed by atoms with E-state index in [-0.39, 0.29) is 17.8 Å².